The summed E-state index contributed by atoms with van der Waals surface area (Å²) in [5.41, 5.74) is 1.06. The summed E-state index contributed by atoms with van der Waals surface area (Å²) in [5.74, 6) is 3.14. The van der Waals surface area contributed by atoms with Gasteiger partial charge in [0.15, 0.2) is 11.5 Å². The second kappa shape index (κ2) is 6.75. The largest absolute Gasteiger partial charge is 0.462 e. The first-order valence-corrected chi connectivity index (χ1v) is 8.37. The Morgan fingerprint density at radius 1 is 1.12 bits per heavy atom. The Bertz CT molecular complexity index is 700. The number of aliphatic hydroxyl groups excluding tert-OH is 1. The van der Waals surface area contributed by atoms with Crippen LogP contribution in [0.15, 0.2) is 34.7 Å². The molecule has 4 rings (SSSR count). The normalized spacial score (nSPS) is 20.3. The van der Waals surface area contributed by atoms with Crippen molar-refractivity contribution in [1.82, 2.24) is 4.90 Å². The highest BCUT2D eigenvalue weighted by Crippen LogP contribution is 2.34. The molecule has 6 heteroatoms. The maximum Gasteiger partial charge on any atom is 0.231 e. The Morgan fingerprint density at radius 3 is 2.88 bits per heavy atom. The second-order valence-electron chi connectivity index (χ2n) is 6.31. The van der Waals surface area contributed by atoms with Crippen LogP contribution in [0.3, 0.4) is 0 Å². The highest BCUT2D eigenvalue weighted by Gasteiger charge is 2.21. The van der Waals surface area contributed by atoms with Gasteiger partial charge in [0.25, 0.3) is 0 Å². The van der Waals surface area contributed by atoms with Crippen LogP contribution < -0.4 is 14.8 Å². The van der Waals surface area contributed by atoms with Gasteiger partial charge in [-0.3, -0.25) is 4.90 Å². The van der Waals surface area contributed by atoms with E-state index in [0.717, 1.165) is 55.4 Å². The minimum Gasteiger partial charge on any atom is -0.462 e. The van der Waals surface area contributed by atoms with Crippen LogP contribution >= 0.6 is 0 Å². The molecule has 1 aromatic heterocycles. The maximum atomic E-state index is 9.09. The van der Waals surface area contributed by atoms with Crippen molar-refractivity contribution in [2.45, 2.75) is 32.0 Å². The highest BCUT2D eigenvalue weighted by molar-refractivity contribution is 5.56. The fourth-order valence-corrected chi connectivity index (χ4v) is 3.35. The molecule has 1 atom stereocenters. The van der Waals surface area contributed by atoms with Gasteiger partial charge in [-0.05, 0) is 43.7 Å². The topological polar surface area (TPSA) is 67.1 Å². The summed E-state index contributed by atoms with van der Waals surface area (Å²) >= 11 is 0. The monoisotopic (exact) mass is 330 g/mol. The van der Waals surface area contributed by atoms with Gasteiger partial charge >= 0.3 is 0 Å². The minimum atomic E-state index is -0.0473. The van der Waals surface area contributed by atoms with Crippen LogP contribution in [0.1, 0.15) is 24.4 Å². The van der Waals surface area contributed by atoms with Crippen molar-refractivity contribution in [2.75, 3.05) is 25.2 Å². The molecule has 1 saturated heterocycles. The molecule has 2 aliphatic rings. The lowest BCUT2D eigenvalue weighted by molar-refractivity contribution is 0.174. The van der Waals surface area contributed by atoms with Crippen molar-refractivity contribution in [2.24, 2.45) is 0 Å². The number of anilines is 1. The average Bonchev–Trinajstić information content (AvgIpc) is 3.23. The zero-order valence-electron chi connectivity index (χ0n) is 13.5. The van der Waals surface area contributed by atoms with E-state index >= 15 is 0 Å². The first-order valence-electron chi connectivity index (χ1n) is 8.37. The molecule has 2 N–H and O–H groups in total. The third kappa shape index (κ3) is 3.34. The number of hydrogen-bond acceptors (Lipinski definition) is 6. The van der Waals surface area contributed by atoms with Crippen LogP contribution in [0.2, 0.25) is 0 Å². The van der Waals surface area contributed by atoms with Crippen LogP contribution in [0.4, 0.5) is 5.69 Å². The van der Waals surface area contributed by atoms with E-state index < -0.39 is 0 Å². The predicted molar refractivity (Wildman–Crippen MR) is 89.1 cm³/mol. The van der Waals surface area contributed by atoms with Crippen LogP contribution in [0.25, 0.3) is 0 Å². The fraction of sp³-hybridized carbons (Fsp3) is 0.444. The molecule has 2 aliphatic heterocycles. The Hall–Kier alpha value is -2.18. The van der Waals surface area contributed by atoms with E-state index in [1.807, 2.05) is 30.3 Å². The number of benzene rings is 1. The third-order valence-electron chi connectivity index (χ3n) is 4.50. The zero-order valence-corrected chi connectivity index (χ0v) is 13.5. The fourth-order valence-electron chi connectivity index (χ4n) is 3.35. The summed E-state index contributed by atoms with van der Waals surface area (Å²) in [7, 11) is 0. The Labute approximate surface area is 141 Å². The molecule has 0 amide bonds. The third-order valence-corrected chi connectivity index (χ3v) is 4.50. The summed E-state index contributed by atoms with van der Waals surface area (Å²) in [6.07, 6.45) is 2.29. The minimum absolute atomic E-state index is 0.0473. The molecule has 0 saturated carbocycles. The van der Waals surface area contributed by atoms with E-state index in [2.05, 4.69) is 10.2 Å². The van der Waals surface area contributed by atoms with Crippen molar-refractivity contribution < 1.29 is 19.0 Å². The number of piperidine rings is 1. The van der Waals surface area contributed by atoms with Gasteiger partial charge in [0, 0.05) is 24.3 Å². The van der Waals surface area contributed by atoms with Gasteiger partial charge in [-0.2, -0.15) is 0 Å². The molecule has 0 radical (unpaired) electrons. The number of rotatable bonds is 5. The van der Waals surface area contributed by atoms with Crippen LogP contribution in [0, 0.1) is 0 Å². The Balaban J connectivity index is 1.36. The predicted octanol–water partition coefficient (Wildman–Crippen LogP) is 2.58. The lowest BCUT2D eigenvalue weighted by Gasteiger charge is -2.33. The number of likely N-dealkylation sites (tertiary alicyclic amines) is 1. The number of aliphatic hydroxyl groups is 1. The Kier molecular flexibility index (Phi) is 4.32. The van der Waals surface area contributed by atoms with Crippen LogP contribution in [-0.2, 0) is 13.2 Å². The molecule has 6 nitrogen and oxygen atoms in total. The van der Waals surface area contributed by atoms with Gasteiger partial charge in [-0.25, -0.2) is 0 Å². The number of nitrogens with zero attached hydrogens (tertiary/aromatic N) is 1. The number of nitrogens with one attached hydrogen (secondary N) is 1. The van der Waals surface area contributed by atoms with E-state index in [9.17, 15) is 0 Å². The number of furan rings is 1. The van der Waals surface area contributed by atoms with Gasteiger partial charge in [-0.15, -0.1) is 0 Å². The van der Waals surface area contributed by atoms with E-state index in [1.54, 1.807) is 0 Å². The molecule has 24 heavy (non-hydrogen) atoms. The molecule has 1 unspecified atom stereocenters. The van der Waals surface area contributed by atoms with Crippen molar-refractivity contribution >= 4 is 5.69 Å². The summed E-state index contributed by atoms with van der Waals surface area (Å²) < 4.78 is 16.4. The summed E-state index contributed by atoms with van der Waals surface area (Å²) in [5, 5.41) is 12.7. The molecule has 0 aliphatic carbocycles. The van der Waals surface area contributed by atoms with Crippen molar-refractivity contribution in [1.29, 1.82) is 0 Å². The van der Waals surface area contributed by atoms with Crippen molar-refractivity contribution in [3.05, 3.63) is 41.9 Å². The van der Waals surface area contributed by atoms with Gasteiger partial charge in [0.05, 0.1) is 6.54 Å². The SMILES string of the molecule is OCc1ccc(CN2CCCC(Nc3ccc4c(c3)OCO4)C2)o1. The molecular formula is C18H22N2O4. The van der Waals surface area contributed by atoms with Gasteiger partial charge in [0.2, 0.25) is 6.79 Å². The zero-order chi connectivity index (χ0) is 16.4. The first-order chi connectivity index (χ1) is 11.8. The molecule has 0 spiro atoms. The molecule has 2 aromatic rings. The van der Waals surface area contributed by atoms with E-state index in [4.69, 9.17) is 19.0 Å². The van der Waals surface area contributed by atoms with Crippen molar-refractivity contribution in [3.8, 4) is 11.5 Å². The van der Waals surface area contributed by atoms with Gasteiger partial charge in [-0.1, -0.05) is 0 Å². The summed E-state index contributed by atoms with van der Waals surface area (Å²) in [6.45, 7) is 3.06. The molecule has 0 bridgehead atoms. The van der Waals surface area contributed by atoms with E-state index in [-0.39, 0.29) is 6.61 Å². The average molecular weight is 330 g/mol. The summed E-state index contributed by atoms with van der Waals surface area (Å²) in [6, 6.07) is 10.2. The lowest BCUT2D eigenvalue weighted by Crippen LogP contribution is -2.41. The smallest absolute Gasteiger partial charge is 0.231 e. The molecule has 1 aromatic carbocycles. The van der Waals surface area contributed by atoms with Gasteiger partial charge in [0.1, 0.15) is 18.1 Å². The highest BCUT2D eigenvalue weighted by atomic mass is 16.7. The van der Waals surface area contributed by atoms with Crippen molar-refractivity contribution in [3.63, 3.8) is 0 Å². The number of fused-ring (bicyclic) bond motifs is 1. The molecule has 128 valence electrons. The molecular weight excluding hydrogens is 308 g/mol. The lowest BCUT2D eigenvalue weighted by atomic mass is 10.0. The summed E-state index contributed by atoms with van der Waals surface area (Å²) in [4.78, 5) is 2.38. The van der Waals surface area contributed by atoms with E-state index in [1.165, 1.54) is 0 Å². The quantitative estimate of drug-likeness (QED) is 0.878. The first kappa shape index (κ1) is 15.4. The Morgan fingerprint density at radius 2 is 2.00 bits per heavy atom. The molecule has 3 heterocycles. The molecule has 1 fully saturated rings. The number of ether oxygens (including phenoxy) is 2. The van der Waals surface area contributed by atoms with Gasteiger partial charge < -0.3 is 24.3 Å². The number of hydrogen-bond donors (Lipinski definition) is 2. The van der Waals surface area contributed by atoms with E-state index in [0.29, 0.717) is 18.6 Å². The second-order valence-corrected chi connectivity index (χ2v) is 6.31. The maximum absolute atomic E-state index is 9.09. The van der Waals surface area contributed by atoms with Crippen LogP contribution in [0.5, 0.6) is 11.5 Å². The van der Waals surface area contributed by atoms with Crippen LogP contribution in [-0.4, -0.2) is 35.9 Å². The standard InChI is InChI=1S/C18H22N2O4/c21-11-16-5-4-15(24-16)10-20-7-1-2-14(9-20)19-13-3-6-17-18(8-13)23-12-22-17/h3-6,8,14,19,21H,1-2,7,9-12H2.